The molecule has 1 heterocycles. The van der Waals surface area contributed by atoms with Gasteiger partial charge in [-0.05, 0) is 36.4 Å². The van der Waals surface area contributed by atoms with Gasteiger partial charge in [0.05, 0.1) is 12.8 Å². The van der Waals surface area contributed by atoms with Crippen molar-refractivity contribution in [2.75, 3.05) is 7.11 Å². The maximum absolute atomic E-state index is 12.1. The molecule has 0 aliphatic carbocycles. The maximum atomic E-state index is 12.1. The number of para-hydroxylation sites is 1. The van der Waals surface area contributed by atoms with Crippen molar-refractivity contribution in [3.63, 3.8) is 0 Å². The van der Waals surface area contributed by atoms with Crippen LogP contribution < -0.4 is 10.2 Å². The van der Waals surface area contributed by atoms with Crippen LogP contribution in [0.15, 0.2) is 65.8 Å². The number of hydrazone groups is 1. The molecule has 3 rings (SSSR count). The smallest absolute Gasteiger partial charge is 0.289 e. The van der Waals surface area contributed by atoms with Gasteiger partial charge in [-0.25, -0.2) is 5.43 Å². The molecule has 27 heavy (non-hydrogen) atoms. The summed E-state index contributed by atoms with van der Waals surface area (Å²) in [5.41, 5.74) is 5.18. The fourth-order valence-corrected chi connectivity index (χ4v) is 2.48. The maximum Gasteiger partial charge on any atom is 0.289 e. The highest BCUT2D eigenvalue weighted by atomic mass is 35.5. The lowest BCUT2D eigenvalue weighted by molar-refractivity contribution is 0.0950. The predicted octanol–water partition coefficient (Wildman–Crippen LogP) is 4.17. The second-order valence-corrected chi connectivity index (χ2v) is 5.93. The summed E-state index contributed by atoms with van der Waals surface area (Å²) in [6.07, 6.45) is 5.04. The summed E-state index contributed by atoms with van der Waals surface area (Å²) >= 11 is 5.87. The molecule has 0 spiro atoms. The van der Waals surface area contributed by atoms with Gasteiger partial charge < -0.3 is 4.74 Å². The van der Waals surface area contributed by atoms with E-state index in [9.17, 15) is 4.79 Å². The first-order valence-electron chi connectivity index (χ1n) is 8.12. The Morgan fingerprint density at radius 1 is 1.22 bits per heavy atom. The Bertz CT molecular complexity index is 978. The number of hydrogen-bond acceptors (Lipinski definition) is 4. The molecule has 2 aromatic carbocycles. The molecule has 1 amide bonds. The zero-order valence-corrected chi connectivity index (χ0v) is 15.3. The minimum absolute atomic E-state index is 0.311. The van der Waals surface area contributed by atoms with E-state index in [0.717, 1.165) is 16.9 Å². The van der Waals surface area contributed by atoms with Crippen LogP contribution in [0.2, 0.25) is 5.02 Å². The molecule has 0 saturated carbocycles. The van der Waals surface area contributed by atoms with E-state index < -0.39 is 0 Å². The topological polar surface area (TPSA) is 79.4 Å². The minimum atomic E-state index is -0.385. The van der Waals surface area contributed by atoms with E-state index in [1.807, 2.05) is 42.5 Å². The monoisotopic (exact) mass is 380 g/mol. The van der Waals surface area contributed by atoms with Crippen molar-refractivity contribution >= 4 is 29.8 Å². The molecule has 7 heteroatoms. The predicted molar refractivity (Wildman–Crippen MR) is 107 cm³/mol. The van der Waals surface area contributed by atoms with Crippen molar-refractivity contribution < 1.29 is 9.53 Å². The van der Waals surface area contributed by atoms with E-state index in [-0.39, 0.29) is 5.91 Å². The molecule has 2 N–H and O–H groups in total. The summed E-state index contributed by atoms with van der Waals surface area (Å²) in [7, 11) is 1.61. The van der Waals surface area contributed by atoms with Gasteiger partial charge in [-0.1, -0.05) is 41.9 Å². The zero-order chi connectivity index (χ0) is 19.1. The Kier molecular flexibility index (Phi) is 6.02. The number of carbonyl (C=O) groups is 1. The number of halogens is 1. The summed E-state index contributed by atoms with van der Waals surface area (Å²) in [4.78, 5) is 12.1. The molecule has 0 radical (unpaired) electrons. The number of H-pyrrole nitrogens is 1. The van der Waals surface area contributed by atoms with Crippen molar-refractivity contribution in [2.24, 2.45) is 5.10 Å². The Morgan fingerprint density at radius 2 is 2.00 bits per heavy atom. The third-order valence-electron chi connectivity index (χ3n) is 3.70. The first-order valence-corrected chi connectivity index (χ1v) is 8.49. The lowest BCUT2D eigenvalue weighted by Gasteiger charge is -2.02. The van der Waals surface area contributed by atoms with Crippen LogP contribution in [0.5, 0.6) is 5.75 Å². The number of rotatable bonds is 6. The number of carbonyl (C=O) groups excluding carboxylic acids is 1. The van der Waals surface area contributed by atoms with Crippen LogP contribution in [-0.2, 0) is 0 Å². The highest BCUT2D eigenvalue weighted by Gasteiger charge is 2.10. The normalized spacial score (nSPS) is 11.2. The minimum Gasteiger partial charge on any atom is -0.496 e. The molecule has 0 bridgehead atoms. The number of benzene rings is 2. The van der Waals surface area contributed by atoms with Crippen molar-refractivity contribution in [3.05, 3.63) is 77.0 Å². The molecular weight excluding hydrogens is 364 g/mol. The fourth-order valence-electron chi connectivity index (χ4n) is 2.36. The SMILES string of the molecule is COc1ccccc1/C=C/C=N/NC(=O)c1cc(-c2ccc(Cl)cc2)n[nH]1. The Balaban J connectivity index is 1.58. The molecule has 1 aromatic heterocycles. The molecule has 0 unspecified atom stereocenters. The molecule has 136 valence electrons. The lowest BCUT2D eigenvalue weighted by Crippen LogP contribution is -2.17. The molecule has 0 aliphatic rings. The lowest BCUT2D eigenvalue weighted by atomic mass is 10.1. The van der Waals surface area contributed by atoms with Crippen LogP contribution >= 0.6 is 11.6 Å². The molecule has 0 fully saturated rings. The third kappa shape index (κ3) is 4.83. The summed E-state index contributed by atoms with van der Waals surface area (Å²) in [5.74, 6) is 0.378. The molecular formula is C20H17ClN4O2. The van der Waals surface area contributed by atoms with E-state index >= 15 is 0 Å². The molecule has 0 saturated heterocycles. The van der Waals surface area contributed by atoms with Crippen LogP contribution in [0, 0.1) is 0 Å². The van der Waals surface area contributed by atoms with E-state index in [2.05, 4.69) is 20.7 Å². The van der Waals surface area contributed by atoms with Crippen LogP contribution in [-0.4, -0.2) is 29.4 Å². The van der Waals surface area contributed by atoms with E-state index in [1.165, 1.54) is 6.21 Å². The van der Waals surface area contributed by atoms with E-state index in [0.29, 0.717) is 16.4 Å². The average molecular weight is 381 g/mol. The van der Waals surface area contributed by atoms with E-state index in [1.54, 1.807) is 31.4 Å². The van der Waals surface area contributed by atoms with Crippen LogP contribution in [0.3, 0.4) is 0 Å². The van der Waals surface area contributed by atoms with Gasteiger partial charge in [0.15, 0.2) is 0 Å². The average Bonchev–Trinajstić information content (AvgIpc) is 3.19. The number of aromatic amines is 1. The Morgan fingerprint density at radius 3 is 2.78 bits per heavy atom. The summed E-state index contributed by atoms with van der Waals surface area (Å²) in [6, 6.07) is 16.5. The van der Waals surface area contributed by atoms with Crippen LogP contribution in [0.25, 0.3) is 17.3 Å². The number of aromatic nitrogens is 2. The summed E-state index contributed by atoms with van der Waals surface area (Å²) in [5, 5.41) is 11.4. The van der Waals surface area contributed by atoms with Crippen molar-refractivity contribution in [3.8, 4) is 17.0 Å². The number of ether oxygens (including phenoxy) is 1. The van der Waals surface area contributed by atoms with Gasteiger partial charge in [0.2, 0.25) is 0 Å². The number of allylic oxidation sites excluding steroid dienone is 1. The first kappa shape index (κ1) is 18.4. The van der Waals surface area contributed by atoms with Gasteiger partial charge in [-0.15, -0.1) is 0 Å². The second kappa shape index (κ2) is 8.82. The zero-order valence-electron chi connectivity index (χ0n) is 14.5. The number of nitrogens with one attached hydrogen (secondary N) is 2. The van der Waals surface area contributed by atoms with E-state index in [4.69, 9.17) is 16.3 Å². The first-order chi connectivity index (χ1) is 13.2. The van der Waals surface area contributed by atoms with Crippen molar-refractivity contribution in [2.45, 2.75) is 0 Å². The quantitative estimate of drug-likeness (QED) is 0.497. The summed E-state index contributed by atoms with van der Waals surface area (Å²) < 4.78 is 5.26. The Labute approximate surface area is 161 Å². The highest BCUT2D eigenvalue weighted by Crippen LogP contribution is 2.20. The number of amides is 1. The van der Waals surface area contributed by atoms with Gasteiger partial charge in [-0.3, -0.25) is 9.89 Å². The van der Waals surface area contributed by atoms with Gasteiger partial charge in [0.25, 0.3) is 5.91 Å². The second-order valence-electron chi connectivity index (χ2n) is 5.49. The Hall–Kier alpha value is -3.38. The fraction of sp³-hybridized carbons (Fsp3) is 0.0500. The van der Waals surface area contributed by atoms with Crippen molar-refractivity contribution in [1.82, 2.24) is 15.6 Å². The van der Waals surface area contributed by atoms with Crippen molar-refractivity contribution in [1.29, 1.82) is 0 Å². The van der Waals surface area contributed by atoms with Crippen LogP contribution in [0.4, 0.5) is 0 Å². The number of nitrogens with zero attached hydrogens (tertiary/aromatic N) is 2. The third-order valence-corrected chi connectivity index (χ3v) is 3.96. The highest BCUT2D eigenvalue weighted by molar-refractivity contribution is 6.30. The number of hydrogen-bond donors (Lipinski definition) is 2. The summed E-state index contributed by atoms with van der Waals surface area (Å²) in [6.45, 7) is 0. The molecule has 6 nitrogen and oxygen atoms in total. The van der Waals surface area contributed by atoms with Gasteiger partial charge in [0.1, 0.15) is 11.4 Å². The molecule has 0 atom stereocenters. The van der Waals surface area contributed by atoms with Crippen LogP contribution in [0.1, 0.15) is 16.1 Å². The van der Waals surface area contributed by atoms with Gasteiger partial charge in [0, 0.05) is 22.4 Å². The largest absolute Gasteiger partial charge is 0.496 e. The standard InChI is InChI=1S/C20H17ClN4O2/c1-27-19-7-3-2-5-15(19)6-4-12-22-25-20(26)18-13-17(23-24-18)14-8-10-16(21)11-9-14/h2-13H,1H3,(H,23,24)(H,25,26)/b6-4+,22-12+. The molecule has 3 aromatic rings. The van der Waals surface area contributed by atoms with Gasteiger partial charge >= 0.3 is 0 Å². The van der Waals surface area contributed by atoms with Gasteiger partial charge in [-0.2, -0.15) is 10.2 Å². The number of methoxy groups -OCH3 is 1. The molecule has 0 aliphatic heterocycles.